The van der Waals surface area contributed by atoms with Crippen LogP contribution in [-0.4, -0.2) is 57.9 Å². The number of anilines is 3. The van der Waals surface area contributed by atoms with E-state index in [9.17, 15) is 49.7 Å². The van der Waals surface area contributed by atoms with E-state index in [1.807, 2.05) is 0 Å². The molecule has 0 aliphatic rings. The first-order valence-electron chi connectivity index (χ1n) is 11.7. The summed E-state index contributed by atoms with van der Waals surface area (Å²) in [6, 6.07) is 11.6. The van der Waals surface area contributed by atoms with Crippen molar-refractivity contribution in [2.75, 3.05) is 10.7 Å². The van der Waals surface area contributed by atoms with Crippen LogP contribution < -0.4 is 10.7 Å². The van der Waals surface area contributed by atoms with Crippen molar-refractivity contribution in [3.05, 3.63) is 88.8 Å². The fourth-order valence-electron chi connectivity index (χ4n) is 3.42. The Hall–Kier alpha value is -5.15. The Kier molecular flexibility index (Phi) is 9.34. The Morgan fingerprint density at radius 1 is 0.889 bits per heavy atom. The Morgan fingerprint density at radius 3 is 2.16 bits per heavy atom. The molecule has 0 atom stereocenters. The summed E-state index contributed by atoms with van der Waals surface area (Å²) in [4.78, 5) is 16.2. The number of carboxylic acids is 1. The molecule has 0 spiro atoms. The number of nitrogens with one attached hydrogen (secondary N) is 2. The molecule has 0 saturated heterocycles. The molecule has 1 aromatic heterocycles. The van der Waals surface area contributed by atoms with E-state index < -0.39 is 81.6 Å². The highest BCUT2D eigenvalue weighted by Gasteiger charge is 2.21. The molecule has 0 unspecified atom stereocenters. The maximum absolute atomic E-state index is 13.8. The fraction of sp³-hybridized carbons (Fsp3) is 0. The minimum atomic E-state index is -4.96. The van der Waals surface area contributed by atoms with E-state index >= 15 is 0 Å². The molecule has 234 valence electrons. The van der Waals surface area contributed by atoms with Crippen LogP contribution >= 0.6 is 11.6 Å². The number of carboxylic acid groups (broad SMARTS) is 1. The summed E-state index contributed by atoms with van der Waals surface area (Å²) in [7, 11) is -9.71. The molecule has 16 nitrogen and oxygen atoms in total. The number of phenols is 1. The number of carbonyl (C=O) groups is 1. The monoisotopic (exact) mass is 683 g/mol. The fourth-order valence-corrected chi connectivity index (χ4v) is 4.59. The van der Waals surface area contributed by atoms with Crippen molar-refractivity contribution in [3.8, 4) is 5.75 Å². The quantitative estimate of drug-likeness (QED) is 0.0206. The number of hydrazone groups is 1. The number of azo groups is 1. The molecular weight excluding hydrogens is 668 g/mol. The van der Waals surface area contributed by atoms with Crippen LogP contribution in [0, 0.1) is 12.0 Å². The number of rotatable bonds is 9. The molecular formula is C24H16ClF2N7O9S2. The summed E-state index contributed by atoms with van der Waals surface area (Å²) < 4.78 is 93.0. The second-order valence-electron chi connectivity index (χ2n) is 8.49. The SMILES string of the molecule is O=C(O)c1cc(S(=O)(=O)O)ccc1N=NC(=NNc1cc(S(=O)(=O)O)cc(Nc2nc(F)nc(F)c2Cl)c1O)c1ccccc1. The zero-order chi connectivity index (χ0) is 33.1. The van der Waals surface area contributed by atoms with Gasteiger partial charge in [-0.3, -0.25) is 14.5 Å². The zero-order valence-corrected chi connectivity index (χ0v) is 24.2. The average molecular weight is 684 g/mol. The third kappa shape index (κ3) is 7.87. The molecule has 0 aliphatic carbocycles. The number of halogens is 3. The Labute approximate surface area is 256 Å². The molecule has 0 bridgehead atoms. The van der Waals surface area contributed by atoms with Crippen LogP contribution in [0.1, 0.15) is 15.9 Å². The summed E-state index contributed by atoms with van der Waals surface area (Å²) in [5.74, 6) is -4.93. The molecule has 21 heteroatoms. The van der Waals surface area contributed by atoms with Crippen LogP contribution in [0.25, 0.3) is 0 Å². The summed E-state index contributed by atoms with van der Waals surface area (Å²) in [6.07, 6.45) is -1.55. The van der Waals surface area contributed by atoms with Gasteiger partial charge < -0.3 is 15.5 Å². The summed E-state index contributed by atoms with van der Waals surface area (Å²) in [5, 5.41) is 33.4. The summed E-state index contributed by atoms with van der Waals surface area (Å²) in [5.41, 5.74) is 0.447. The molecule has 0 aliphatic heterocycles. The number of aromatic carboxylic acids is 1. The molecule has 45 heavy (non-hydrogen) atoms. The molecule has 1 heterocycles. The van der Waals surface area contributed by atoms with Crippen molar-refractivity contribution in [1.29, 1.82) is 0 Å². The van der Waals surface area contributed by atoms with Gasteiger partial charge in [-0.15, -0.1) is 10.2 Å². The van der Waals surface area contributed by atoms with Crippen molar-refractivity contribution in [1.82, 2.24) is 9.97 Å². The van der Waals surface area contributed by atoms with E-state index in [0.717, 1.165) is 18.2 Å². The number of hydrogen-bond acceptors (Lipinski definition) is 12. The van der Waals surface area contributed by atoms with Gasteiger partial charge in [0.1, 0.15) is 16.4 Å². The van der Waals surface area contributed by atoms with E-state index in [0.29, 0.717) is 12.1 Å². The van der Waals surface area contributed by atoms with Gasteiger partial charge in [-0.25, -0.2) is 4.79 Å². The first-order valence-corrected chi connectivity index (χ1v) is 15.0. The minimum Gasteiger partial charge on any atom is -0.504 e. The Bertz CT molecular complexity index is 2100. The Morgan fingerprint density at radius 2 is 1.53 bits per heavy atom. The highest BCUT2D eigenvalue weighted by molar-refractivity contribution is 7.86. The van der Waals surface area contributed by atoms with Crippen LogP contribution in [0.3, 0.4) is 0 Å². The van der Waals surface area contributed by atoms with Crippen LogP contribution in [0.4, 0.5) is 31.7 Å². The number of aromatic hydroxyl groups is 1. The molecule has 3 aromatic carbocycles. The van der Waals surface area contributed by atoms with Gasteiger partial charge in [0.05, 0.1) is 21.0 Å². The standard InChI is InChI=1S/C24H16ClF2N7O9S2/c25-18-20(26)29-24(27)30-22(18)28-16-9-13(45(41,42)43)10-17(19(16)35)32-34-21(11-4-2-1-3-5-11)33-31-15-7-6-12(44(38,39)40)8-14(15)23(36)37/h1-10,32,35H,(H,36,37)(H,28,29,30)(H,38,39,40)(H,41,42,43). The van der Waals surface area contributed by atoms with Crippen molar-refractivity contribution >= 4 is 66.5 Å². The lowest BCUT2D eigenvalue weighted by Crippen LogP contribution is -2.06. The van der Waals surface area contributed by atoms with Gasteiger partial charge in [0, 0.05) is 5.56 Å². The lowest BCUT2D eigenvalue weighted by Gasteiger charge is -2.14. The molecule has 4 rings (SSSR count). The van der Waals surface area contributed by atoms with Gasteiger partial charge in [0.25, 0.3) is 20.2 Å². The van der Waals surface area contributed by atoms with Gasteiger partial charge >= 0.3 is 12.0 Å². The van der Waals surface area contributed by atoms with Gasteiger partial charge in [0.2, 0.25) is 11.8 Å². The van der Waals surface area contributed by atoms with E-state index in [4.69, 9.17) is 11.6 Å². The highest BCUT2D eigenvalue weighted by atomic mass is 35.5. The molecule has 0 amide bonds. The third-order valence-corrected chi connectivity index (χ3v) is 7.50. The lowest BCUT2D eigenvalue weighted by molar-refractivity contribution is 0.0697. The van der Waals surface area contributed by atoms with Crippen molar-refractivity contribution in [2.24, 2.45) is 15.3 Å². The smallest absolute Gasteiger partial charge is 0.338 e. The van der Waals surface area contributed by atoms with Crippen molar-refractivity contribution in [2.45, 2.75) is 9.79 Å². The maximum atomic E-state index is 13.8. The molecule has 0 saturated carbocycles. The molecule has 0 fully saturated rings. The maximum Gasteiger partial charge on any atom is 0.338 e. The Balaban J connectivity index is 1.80. The normalized spacial score (nSPS) is 12.3. The van der Waals surface area contributed by atoms with Crippen molar-refractivity contribution in [3.63, 3.8) is 0 Å². The van der Waals surface area contributed by atoms with Gasteiger partial charge in [-0.1, -0.05) is 41.9 Å². The second-order valence-corrected chi connectivity index (χ2v) is 11.7. The second kappa shape index (κ2) is 12.8. The number of nitrogens with zero attached hydrogens (tertiary/aromatic N) is 5. The van der Waals surface area contributed by atoms with E-state index in [1.54, 1.807) is 18.2 Å². The predicted molar refractivity (Wildman–Crippen MR) is 152 cm³/mol. The van der Waals surface area contributed by atoms with Crippen LogP contribution in [0.2, 0.25) is 5.02 Å². The van der Waals surface area contributed by atoms with Crippen LogP contribution in [-0.2, 0) is 20.2 Å². The zero-order valence-electron chi connectivity index (χ0n) is 21.8. The predicted octanol–water partition coefficient (Wildman–Crippen LogP) is 4.61. The number of hydrogen-bond donors (Lipinski definition) is 6. The number of amidine groups is 1. The van der Waals surface area contributed by atoms with E-state index in [2.05, 4.69) is 36.0 Å². The van der Waals surface area contributed by atoms with Crippen LogP contribution in [0.15, 0.2) is 85.8 Å². The molecule has 0 radical (unpaired) electrons. The first kappa shape index (κ1) is 32.8. The molecule has 4 aromatic rings. The number of aromatic nitrogens is 2. The van der Waals surface area contributed by atoms with Gasteiger partial charge in [0.15, 0.2) is 11.6 Å². The summed E-state index contributed by atoms with van der Waals surface area (Å²) >= 11 is 5.74. The topological polar surface area (TPSA) is 253 Å². The number of phenolic OH excluding ortho intramolecular Hbond substituents is 1. The summed E-state index contributed by atoms with van der Waals surface area (Å²) in [6.45, 7) is 0. The first-order chi connectivity index (χ1) is 21.0. The van der Waals surface area contributed by atoms with Crippen LogP contribution in [0.5, 0.6) is 5.75 Å². The minimum absolute atomic E-state index is 0.239. The van der Waals surface area contributed by atoms with Crippen molar-refractivity contribution < 1.29 is 49.7 Å². The molecule has 6 N–H and O–H groups in total. The lowest BCUT2D eigenvalue weighted by atomic mass is 10.2. The largest absolute Gasteiger partial charge is 0.504 e. The average Bonchev–Trinajstić information content (AvgIpc) is 2.96. The highest BCUT2D eigenvalue weighted by Crippen LogP contribution is 2.38. The third-order valence-electron chi connectivity index (χ3n) is 5.48. The van der Waals surface area contributed by atoms with E-state index in [1.165, 1.54) is 12.1 Å². The van der Waals surface area contributed by atoms with E-state index in [-0.39, 0.29) is 17.1 Å². The van der Waals surface area contributed by atoms with Gasteiger partial charge in [-0.05, 0) is 30.3 Å². The van der Waals surface area contributed by atoms with Gasteiger partial charge in [-0.2, -0.15) is 40.7 Å². The number of benzene rings is 3.